The van der Waals surface area contributed by atoms with Gasteiger partial charge in [-0.2, -0.15) is 12.1 Å². The Balaban J connectivity index is 0.000000224. The van der Waals surface area contributed by atoms with Crippen molar-refractivity contribution in [3.8, 4) is 22.3 Å². The van der Waals surface area contributed by atoms with Gasteiger partial charge in [-0.1, -0.05) is 124 Å². The van der Waals surface area contributed by atoms with Gasteiger partial charge in [-0.15, -0.1) is 69.1 Å². The molecule has 0 aliphatic carbocycles. The molecular formula is C36H38Cl2Si2Zr. The second-order valence-corrected chi connectivity index (χ2v) is 15.2. The van der Waals surface area contributed by atoms with Gasteiger partial charge in [0.2, 0.25) is 0 Å². The first-order valence-electron chi connectivity index (χ1n) is 13.5. The second-order valence-electron chi connectivity index (χ2n) is 9.49. The van der Waals surface area contributed by atoms with E-state index in [0.29, 0.717) is 0 Å². The van der Waals surface area contributed by atoms with Crippen molar-refractivity contribution in [2.24, 2.45) is 0 Å². The molecule has 6 aromatic rings. The second kappa shape index (κ2) is 20.0. The van der Waals surface area contributed by atoms with Crippen molar-refractivity contribution in [3.05, 3.63) is 132 Å². The quantitative estimate of drug-likeness (QED) is 0.125. The fraction of sp³-hybridized carbons (Fsp3) is 0.167. The number of fused-ring (bicyclic) bond motifs is 2. The van der Waals surface area contributed by atoms with E-state index >= 15 is 0 Å². The Morgan fingerprint density at radius 3 is 1.15 bits per heavy atom. The summed E-state index contributed by atoms with van der Waals surface area (Å²) in [4.78, 5) is 0. The van der Waals surface area contributed by atoms with Gasteiger partial charge in [0.25, 0.3) is 0 Å². The monoisotopic (exact) mass is 686 g/mol. The van der Waals surface area contributed by atoms with Gasteiger partial charge in [0.1, 0.15) is 0 Å². The Labute approximate surface area is 271 Å². The molecule has 5 heteroatoms. The Kier molecular flexibility index (Phi) is 17.2. The molecular weight excluding hydrogens is 651 g/mol. The minimum absolute atomic E-state index is 0.826. The molecule has 41 heavy (non-hydrogen) atoms. The summed E-state index contributed by atoms with van der Waals surface area (Å²) in [7, 11) is 12.0. The van der Waals surface area contributed by atoms with Crippen LogP contribution in [0.15, 0.2) is 121 Å². The number of aryl methyl sites for hydroxylation is 2. The third-order valence-electron chi connectivity index (χ3n) is 5.96. The maximum atomic E-state index is 4.93. The predicted molar refractivity (Wildman–Crippen MR) is 186 cm³/mol. The van der Waals surface area contributed by atoms with Crippen LogP contribution in [0, 0.1) is 13.8 Å². The number of hydrogen-bond acceptors (Lipinski definition) is 0. The molecule has 208 valence electrons. The molecule has 0 bridgehead atoms. The van der Waals surface area contributed by atoms with Crippen molar-refractivity contribution < 1.29 is 20.8 Å². The summed E-state index contributed by atoms with van der Waals surface area (Å²) in [5.41, 5.74) is 7.89. The van der Waals surface area contributed by atoms with Crippen LogP contribution in [0.3, 0.4) is 0 Å². The average Bonchev–Trinajstić information content (AvgIpc) is 3.56. The van der Waals surface area contributed by atoms with Crippen LogP contribution in [0.1, 0.15) is 11.1 Å². The van der Waals surface area contributed by atoms with E-state index in [-0.39, 0.29) is 0 Å². The van der Waals surface area contributed by atoms with Crippen LogP contribution < -0.4 is 0 Å². The molecule has 6 aromatic carbocycles. The van der Waals surface area contributed by atoms with Gasteiger partial charge in [-0.25, -0.2) is 0 Å². The van der Waals surface area contributed by atoms with Crippen molar-refractivity contribution in [2.45, 2.75) is 40.0 Å². The van der Waals surface area contributed by atoms with Crippen LogP contribution in [-0.4, -0.2) is 19.0 Å². The van der Waals surface area contributed by atoms with E-state index in [1.165, 1.54) is 54.9 Å². The van der Waals surface area contributed by atoms with Crippen LogP contribution in [0.2, 0.25) is 26.2 Å². The summed E-state index contributed by atoms with van der Waals surface area (Å²) >= 11 is -0.826. The summed E-state index contributed by atoms with van der Waals surface area (Å²) < 4.78 is 0. The Morgan fingerprint density at radius 2 is 0.829 bits per heavy atom. The van der Waals surface area contributed by atoms with E-state index in [0.717, 1.165) is 19.0 Å². The van der Waals surface area contributed by atoms with E-state index in [4.69, 9.17) is 17.0 Å². The molecule has 0 unspecified atom stereocenters. The van der Waals surface area contributed by atoms with E-state index in [1.807, 2.05) is 0 Å². The molecule has 0 saturated carbocycles. The molecule has 0 aromatic heterocycles. The van der Waals surface area contributed by atoms with Gasteiger partial charge in [-0.3, -0.25) is 0 Å². The van der Waals surface area contributed by atoms with E-state index < -0.39 is 20.8 Å². The van der Waals surface area contributed by atoms with E-state index in [2.05, 4.69) is 161 Å². The molecule has 6 rings (SSSR count). The standard InChI is InChI=1S/2C16H13.2C2H6Si.2ClH.Zr/c2*1-12-10-14-8-5-9-15(16(14)11-12)13-6-3-2-4-7-13;2*1-3-2;;;/h2*2-11H,1H3;2*1-2H3;2*1H;/q2*-1;;;;;+4/p-2. The van der Waals surface area contributed by atoms with Crippen molar-refractivity contribution in [1.29, 1.82) is 0 Å². The zero-order chi connectivity index (χ0) is 30.0. The minimum atomic E-state index is -0.826. The van der Waals surface area contributed by atoms with Crippen molar-refractivity contribution >= 4 is 57.6 Å². The first kappa shape index (κ1) is 35.2. The van der Waals surface area contributed by atoms with E-state index in [1.54, 1.807) is 0 Å². The summed E-state index contributed by atoms with van der Waals surface area (Å²) in [6.45, 7) is 12.9. The van der Waals surface area contributed by atoms with Gasteiger partial charge in [0, 0.05) is 19.0 Å². The number of hydrogen-bond donors (Lipinski definition) is 0. The normalized spacial score (nSPS) is 9.56. The molecule has 0 atom stereocenters. The number of halogens is 2. The van der Waals surface area contributed by atoms with Gasteiger partial charge >= 0.3 is 37.9 Å². The summed E-state index contributed by atoms with van der Waals surface area (Å²) in [6.07, 6.45) is 0. The van der Waals surface area contributed by atoms with Crippen molar-refractivity contribution in [2.75, 3.05) is 0 Å². The van der Waals surface area contributed by atoms with E-state index in [9.17, 15) is 0 Å². The van der Waals surface area contributed by atoms with Crippen LogP contribution in [0.25, 0.3) is 43.8 Å². The molecule has 0 aliphatic heterocycles. The Bertz CT molecular complexity index is 1420. The summed E-state index contributed by atoms with van der Waals surface area (Å²) in [6, 6.07) is 43.1. The van der Waals surface area contributed by atoms with Crippen molar-refractivity contribution in [1.82, 2.24) is 0 Å². The predicted octanol–water partition coefficient (Wildman–Crippen LogP) is 12.0. The fourth-order valence-electron chi connectivity index (χ4n) is 4.51. The molecule has 0 fully saturated rings. The maximum absolute atomic E-state index is 4.93. The van der Waals surface area contributed by atoms with Crippen molar-refractivity contribution in [3.63, 3.8) is 0 Å². The molecule has 0 heterocycles. The first-order valence-corrected chi connectivity index (χ1v) is 23.8. The van der Waals surface area contributed by atoms with Crippen LogP contribution in [0.4, 0.5) is 0 Å². The molecule has 0 N–H and O–H groups in total. The summed E-state index contributed by atoms with van der Waals surface area (Å²) in [5.74, 6) is 0. The third kappa shape index (κ3) is 11.3. The Hall–Kier alpha value is -2.00. The average molecular weight is 689 g/mol. The molecule has 0 nitrogen and oxygen atoms in total. The molecule has 4 radical (unpaired) electrons. The fourth-order valence-corrected chi connectivity index (χ4v) is 4.51. The number of benzene rings is 4. The topological polar surface area (TPSA) is 0 Å². The van der Waals surface area contributed by atoms with Crippen LogP contribution in [0.5, 0.6) is 0 Å². The van der Waals surface area contributed by atoms with Crippen LogP contribution in [-0.2, 0) is 20.8 Å². The molecule has 0 aliphatic rings. The third-order valence-corrected chi connectivity index (χ3v) is 5.96. The first-order chi connectivity index (χ1) is 19.9. The van der Waals surface area contributed by atoms with Gasteiger partial charge in [0.15, 0.2) is 0 Å². The van der Waals surface area contributed by atoms with Crippen LogP contribution >= 0.6 is 17.0 Å². The number of rotatable bonds is 2. The molecule has 0 saturated heterocycles. The van der Waals surface area contributed by atoms with Gasteiger partial charge in [0.05, 0.1) is 0 Å². The zero-order valence-electron chi connectivity index (χ0n) is 24.8. The van der Waals surface area contributed by atoms with Gasteiger partial charge < -0.3 is 0 Å². The SMILES string of the molecule is C[Si]C.C[Si]C.Cc1cc2c(-c3ccccc3)cccc2[cH-]1.Cc1cc2c(-c3ccccc3)cccc2[cH-]1.[Cl][Zr+2][Cl]. The summed E-state index contributed by atoms with van der Waals surface area (Å²) in [5, 5.41) is 5.37. The molecule has 0 spiro atoms. The van der Waals surface area contributed by atoms with Gasteiger partial charge in [-0.05, 0) is 11.1 Å². The molecule has 0 amide bonds. The zero-order valence-corrected chi connectivity index (χ0v) is 30.8. The Morgan fingerprint density at radius 1 is 0.512 bits per heavy atom.